The van der Waals surface area contributed by atoms with Gasteiger partial charge in [-0.2, -0.15) is 13.2 Å². The van der Waals surface area contributed by atoms with Crippen LogP contribution in [-0.4, -0.2) is 25.2 Å². The molecule has 1 aliphatic heterocycles. The number of sulfone groups is 1. The summed E-state index contributed by atoms with van der Waals surface area (Å²) in [5, 5.41) is 3.62. The molecule has 1 aromatic heterocycles. The molecule has 7 nitrogen and oxygen atoms in total. The van der Waals surface area contributed by atoms with Crippen molar-refractivity contribution in [2.75, 3.05) is 5.32 Å². The van der Waals surface area contributed by atoms with E-state index in [1.54, 1.807) is 0 Å². The van der Waals surface area contributed by atoms with Gasteiger partial charge in [0.05, 0.1) is 38.2 Å². The summed E-state index contributed by atoms with van der Waals surface area (Å²) >= 11 is 6.53. The van der Waals surface area contributed by atoms with Crippen LogP contribution in [0.1, 0.15) is 30.6 Å². The zero-order chi connectivity index (χ0) is 23.3. The highest BCUT2D eigenvalue weighted by Gasteiger charge is 2.35. The Balaban J connectivity index is 1.64. The van der Waals surface area contributed by atoms with E-state index in [0.717, 1.165) is 18.3 Å². The number of alkyl halides is 3. The molecule has 0 fully saturated rings. The van der Waals surface area contributed by atoms with E-state index >= 15 is 0 Å². The lowest BCUT2D eigenvalue weighted by Crippen LogP contribution is -2.23. The Morgan fingerprint density at radius 3 is 2.59 bits per heavy atom. The Morgan fingerprint density at radius 2 is 1.91 bits per heavy atom. The van der Waals surface area contributed by atoms with Gasteiger partial charge in [0.15, 0.2) is 5.01 Å². The van der Waals surface area contributed by atoms with Crippen LogP contribution in [0, 0.1) is 0 Å². The summed E-state index contributed by atoms with van der Waals surface area (Å²) in [5.41, 5.74) is -0.359. The lowest BCUT2D eigenvalue weighted by Gasteiger charge is -2.12. The summed E-state index contributed by atoms with van der Waals surface area (Å²) in [7, 11) is -4.11. The maximum absolute atomic E-state index is 13.0. The molecule has 13 heteroatoms. The lowest BCUT2D eigenvalue weighted by atomic mass is 10.1. The van der Waals surface area contributed by atoms with Gasteiger partial charge in [-0.3, -0.25) is 9.59 Å². The van der Waals surface area contributed by atoms with Crippen molar-refractivity contribution in [3.8, 4) is 0 Å². The van der Waals surface area contributed by atoms with Crippen LogP contribution in [0.5, 0.6) is 0 Å². The number of hydrogen-bond donors (Lipinski definition) is 2. The van der Waals surface area contributed by atoms with E-state index in [2.05, 4.69) is 15.6 Å². The maximum Gasteiger partial charge on any atom is 0.443 e. The smallest absolute Gasteiger partial charge is 0.347 e. The SMILES string of the molecule is O=C(NCc1cnc(C(F)(F)F)s1)c1cc2c(cc1Cl)S(=O)(=O)c1ccccc1C(=O)N2. The molecule has 166 valence electrons. The zero-order valence-electron chi connectivity index (χ0n) is 15.7. The van der Waals surface area contributed by atoms with Gasteiger partial charge in [0.25, 0.3) is 11.8 Å². The summed E-state index contributed by atoms with van der Waals surface area (Å²) in [5.74, 6) is -1.45. The lowest BCUT2D eigenvalue weighted by molar-refractivity contribution is -0.137. The Kier molecular flexibility index (Phi) is 5.47. The van der Waals surface area contributed by atoms with Gasteiger partial charge >= 0.3 is 6.18 Å². The van der Waals surface area contributed by atoms with Crippen LogP contribution in [0.25, 0.3) is 0 Å². The van der Waals surface area contributed by atoms with Crippen LogP contribution in [0.2, 0.25) is 5.02 Å². The van der Waals surface area contributed by atoms with E-state index in [1.165, 1.54) is 24.3 Å². The number of fused-ring (bicyclic) bond motifs is 2. The first-order valence-corrected chi connectivity index (χ1v) is 11.5. The first-order chi connectivity index (χ1) is 15.0. The molecule has 0 atom stereocenters. The molecule has 2 heterocycles. The molecule has 3 aromatic rings. The van der Waals surface area contributed by atoms with E-state index < -0.39 is 32.8 Å². The number of rotatable bonds is 3. The maximum atomic E-state index is 13.0. The summed E-state index contributed by atoms with van der Waals surface area (Å²) in [6.07, 6.45) is -3.59. The second kappa shape index (κ2) is 7.87. The molecule has 32 heavy (non-hydrogen) atoms. The van der Waals surface area contributed by atoms with Crippen molar-refractivity contribution < 1.29 is 31.2 Å². The highest BCUT2D eigenvalue weighted by atomic mass is 35.5. The summed E-state index contributed by atoms with van der Waals surface area (Å²) in [4.78, 5) is 28.0. The Labute approximate surface area is 188 Å². The molecule has 0 bridgehead atoms. The number of nitrogens with one attached hydrogen (secondary N) is 2. The molecule has 1 aliphatic rings. The molecular weight excluding hydrogens is 491 g/mol. The van der Waals surface area contributed by atoms with Crippen LogP contribution < -0.4 is 10.6 Å². The fraction of sp³-hybridized carbons (Fsp3) is 0.105. The van der Waals surface area contributed by atoms with Crippen LogP contribution in [0.3, 0.4) is 0 Å². The molecule has 0 spiro atoms. The van der Waals surface area contributed by atoms with E-state index in [-0.39, 0.29) is 43.0 Å². The average molecular weight is 502 g/mol. The first kappa shape index (κ1) is 22.2. The number of carbonyl (C=O) groups is 2. The number of hydrogen-bond acceptors (Lipinski definition) is 6. The molecule has 2 N–H and O–H groups in total. The molecular formula is C19H11ClF3N3O4S2. The number of carbonyl (C=O) groups excluding carboxylic acids is 2. The van der Waals surface area contributed by atoms with Crippen LogP contribution in [0.15, 0.2) is 52.4 Å². The van der Waals surface area contributed by atoms with Crippen LogP contribution >= 0.6 is 22.9 Å². The second-order valence-corrected chi connectivity index (χ2v) is 10.0. The average Bonchev–Trinajstić information content (AvgIpc) is 3.20. The second-order valence-electron chi connectivity index (χ2n) is 6.59. The van der Waals surface area contributed by atoms with Crippen LogP contribution in [-0.2, 0) is 22.6 Å². The van der Waals surface area contributed by atoms with E-state index in [0.29, 0.717) is 11.3 Å². The number of nitrogens with zero attached hydrogens (tertiary/aromatic N) is 1. The van der Waals surface area contributed by atoms with Gasteiger partial charge in [-0.05, 0) is 24.3 Å². The fourth-order valence-corrected chi connectivity index (χ4v) is 5.68. The van der Waals surface area contributed by atoms with Gasteiger partial charge < -0.3 is 10.6 Å². The van der Waals surface area contributed by atoms with Crippen molar-refractivity contribution in [2.45, 2.75) is 22.5 Å². The van der Waals surface area contributed by atoms with E-state index in [9.17, 15) is 31.2 Å². The zero-order valence-corrected chi connectivity index (χ0v) is 18.0. The largest absolute Gasteiger partial charge is 0.443 e. The Hall–Kier alpha value is -2.96. The number of halogens is 4. The third-order valence-corrected chi connectivity index (χ3v) is 7.70. The standard InChI is InChI=1S/C19H11ClF3N3O4S2/c20-12-6-15-13(26-17(28)10-3-1-2-4-14(10)32(15,29)30)5-11(12)16(27)24-7-9-8-25-18(31-9)19(21,22)23/h1-6,8H,7H2,(H,24,27)(H,26,28). The number of aromatic nitrogens is 1. The topological polar surface area (TPSA) is 105 Å². The van der Waals surface area contributed by atoms with Gasteiger partial charge in [0, 0.05) is 11.1 Å². The predicted octanol–water partition coefficient (Wildman–Crippen LogP) is 4.14. The molecule has 0 saturated carbocycles. The minimum absolute atomic E-state index is 0.0588. The summed E-state index contributed by atoms with van der Waals surface area (Å²) < 4.78 is 64.1. The molecule has 4 rings (SSSR count). The third-order valence-electron chi connectivity index (χ3n) is 4.49. The van der Waals surface area contributed by atoms with Crippen molar-refractivity contribution in [2.24, 2.45) is 0 Å². The number of benzene rings is 2. The minimum atomic E-state index is -4.59. The van der Waals surface area contributed by atoms with E-state index in [1.807, 2.05) is 0 Å². The molecule has 2 aromatic carbocycles. The van der Waals surface area contributed by atoms with Crippen molar-refractivity contribution in [3.05, 3.63) is 68.6 Å². The van der Waals surface area contributed by atoms with Gasteiger partial charge in [-0.25, -0.2) is 13.4 Å². The monoisotopic (exact) mass is 501 g/mol. The normalized spacial score (nSPS) is 14.7. The number of anilines is 1. The summed E-state index contributed by atoms with van der Waals surface area (Å²) in [6.45, 7) is -0.254. The number of thiazole rings is 1. The van der Waals surface area contributed by atoms with Crippen molar-refractivity contribution in [1.82, 2.24) is 10.3 Å². The number of amides is 2. The molecule has 0 unspecified atom stereocenters. The third kappa shape index (κ3) is 3.96. The Bertz CT molecular complexity index is 1370. The Morgan fingerprint density at radius 1 is 1.19 bits per heavy atom. The molecule has 0 aliphatic carbocycles. The van der Waals surface area contributed by atoms with Gasteiger partial charge in [0.2, 0.25) is 9.84 Å². The quantitative estimate of drug-likeness (QED) is 0.561. The van der Waals surface area contributed by atoms with E-state index in [4.69, 9.17) is 11.6 Å². The van der Waals surface area contributed by atoms with Crippen molar-refractivity contribution >= 4 is 50.3 Å². The van der Waals surface area contributed by atoms with Gasteiger partial charge in [-0.1, -0.05) is 23.7 Å². The highest BCUT2D eigenvalue weighted by Crippen LogP contribution is 2.37. The van der Waals surface area contributed by atoms with Gasteiger partial charge in [0.1, 0.15) is 0 Å². The molecule has 0 radical (unpaired) electrons. The first-order valence-electron chi connectivity index (χ1n) is 8.77. The molecule has 2 amide bonds. The highest BCUT2D eigenvalue weighted by molar-refractivity contribution is 7.91. The fourth-order valence-electron chi connectivity index (χ4n) is 3.03. The van der Waals surface area contributed by atoms with Gasteiger partial charge in [-0.15, -0.1) is 11.3 Å². The van der Waals surface area contributed by atoms with Crippen molar-refractivity contribution in [1.29, 1.82) is 0 Å². The summed E-state index contributed by atoms with van der Waals surface area (Å²) in [6, 6.07) is 7.80. The molecule has 0 saturated heterocycles. The predicted molar refractivity (Wildman–Crippen MR) is 110 cm³/mol. The minimum Gasteiger partial charge on any atom is -0.347 e. The van der Waals surface area contributed by atoms with Crippen molar-refractivity contribution in [3.63, 3.8) is 0 Å². The van der Waals surface area contributed by atoms with Crippen LogP contribution in [0.4, 0.5) is 18.9 Å².